The highest BCUT2D eigenvalue weighted by atomic mass is 16.6. The summed E-state index contributed by atoms with van der Waals surface area (Å²) in [6.07, 6.45) is 2.75. The third-order valence-corrected chi connectivity index (χ3v) is 4.80. The summed E-state index contributed by atoms with van der Waals surface area (Å²) < 4.78 is 22.1. The Kier molecular flexibility index (Phi) is 6.37. The summed E-state index contributed by atoms with van der Waals surface area (Å²) in [5.41, 5.74) is 2.06. The zero-order valence-electron chi connectivity index (χ0n) is 18.0. The van der Waals surface area contributed by atoms with Crippen molar-refractivity contribution in [3.63, 3.8) is 0 Å². The van der Waals surface area contributed by atoms with Gasteiger partial charge in [-0.05, 0) is 62.2 Å². The molecule has 6 heteroatoms. The van der Waals surface area contributed by atoms with Crippen LogP contribution in [0.1, 0.15) is 49.5 Å². The molecule has 1 aliphatic rings. The number of aliphatic hydroxyl groups excluding tert-OH is 1. The fraction of sp³-hybridized carbons (Fsp3) is 0.375. The molecule has 0 radical (unpaired) electrons. The van der Waals surface area contributed by atoms with Crippen LogP contribution in [0.25, 0.3) is 6.08 Å². The fourth-order valence-electron chi connectivity index (χ4n) is 3.47. The molecule has 0 saturated heterocycles. The Morgan fingerprint density at radius 1 is 1.10 bits per heavy atom. The average Bonchev–Trinajstić information content (AvgIpc) is 3.08. The summed E-state index contributed by atoms with van der Waals surface area (Å²) >= 11 is 0. The van der Waals surface area contributed by atoms with Crippen LogP contribution in [0.4, 0.5) is 0 Å². The van der Waals surface area contributed by atoms with Crippen LogP contribution in [0.5, 0.6) is 17.2 Å². The maximum Gasteiger partial charge on any atom is 0.331 e. The van der Waals surface area contributed by atoms with Gasteiger partial charge < -0.3 is 24.1 Å². The van der Waals surface area contributed by atoms with Crippen LogP contribution in [0, 0.1) is 0 Å². The van der Waals surface area contributed by atoms with E-state index in [9.17, 15) is 9.90 Å². The smallest absolute Gasteiger partial charge is 0.331 e. The quantitative estimate of drug-likeness (QED) is 0.564. The Bertz CT molecular complexity index is 941. The highest BCUT2D eigenvalue weighted by Gasteiger charge is 2.35. The predicted molar refractivity (Wildman–Crippen MR) is 114 cm³/mol. The number of hydrogen-bond donors (Lipinski definition) is 1. The Morgan fingerprint density at radius 2 is 1.83 bits per heavy atom. The fourth-order valence-corrected chi connectivity index (χ4v) is 3.47. The van der Waals surface area contributed by atoms with E-state index in [1.165, 1.54) is 6.08 Å². The lowest BCUT2D eigenvalue weighted by Gasteiger charge is -2.19. The lowest BCUT2D eigenvalue weighted by molar-refractivity contribution is -0.148. The number of esters is 1. The minimum absolute atomic E-state index is 0.0781. The van der Waals surface area contributed by atoms with Gasteiger partial charge in [-0.1, -0.05) is 12.1 Å². The van der Waals surface area contributed by atoms with Gasteiger partial charge in [0.1, 0.15) is 17.5 Å². The van der Waals surface area contributed by atoms with Crippen molar-refractivity contribution < 1.29 is 28.8 Å². The number of carbonyl (C=O) groups excluding carboxylic acids is 1. The molecule has 2 aromatic carbocycles. The van der Waals surface area contributed by atoms with Crippen LogP contribution in [0.15, 0.2) is 42.5 Å². The number of fused-ring (bicyclic) bond motifs is 1. The van der Waals surface area contributed by atoms with Crippen molar-refractivity contribution in [2.75, 3.05) is 20.8 Å². The number of ether oxygens (including phenoxy) is 4. The van der Waals surface area contributed by atoms with Gasteiger partial charge in [0.15, 0.2) is 11.5 Å². The third-order valence-electron chi connectivity index (χ3n) is 4.80. The maximum absolute atomic E-state index is 11.9. The molecule has 1 heterocycles. The molecule has 2 atom stereocenters. The Hall–Kier alpha value is -2.99. The van der Waals surface area contributed by atoms with Gasteiger partial charge in [0.25, 0.3) is 0 Å². The summed E-state index contributed by atoms with van der Waals surface area (Å²) in [7, 11) is 3.17. The first-order chi connectivity index (χ1) is 14.3. The molecule has 1 N–H and O–H groups in total. The Balaban J connectivity index is 1.84. The minimum atomic E-state index is -0.540. The SMILES string of the molecule is COc1ccc([C@H]2Oc3ccc(/C=C/C(=O)OC(C)(C)C)cc3[C@@H]2CO)cc1OC. The zero-order chi connectivity index (χ0) is 21.9. The highest BCUT2D eigenvalue weighted by Crippen LogP contribution is 2.47. The largest absolute Gasteiger partial charge is 0.493 e. The summed E-state index contributed by atoms with van der Waals surface area (Å²) in [4.78, 5) is 11.9. The molecule has 30 heavy (non-hydrogen) atoms. The van der Waals surface area contributed by atoms with Crippen molar-refractivity contribution >= 4 is 12.0 Å². The van der Waals surface area contributed by atoms with E-state index in [1.54, 1.807) is 20.3 Å². The summed E-state index contributed by atoms with van der Waals surface area (Å²) in [6, 6.07) is 11.2. The van der Waals surface area contributed by atoms with E-state index in [2.05, 4.69) is 0 Å². The lowest BCUT2D eigenvalue weighted by Crippen LogP contribution is -2.22. The van der Waals surface area contributed by atoms with Crippen LogP contribution >= 0.6 is 0 Å². The average molecular weight is 412 g/mol. The first kappa shape index (κ1) is 21.7. The summed E-state index contributed by atoms with van der Waals surface area (Å²) in [5.74, 6) is 1.30. The highest BCUT2D eigenvalue weighted by molar-refractivity contribution is 5.87. The van der Waals surface area contributed by atoms with Crippen molar-refractivity contribution in [3.8, 4) is 17.2 Å². The molecule has 1 aliphatic heterocycles. The molecule has 0 bridgehead atoms. The monoisotopic (exact) mass is 412 g/mol. The normalized spacial score (nSPS) is 18.1. The lowest BCUT2D eigenvalue weighted by atomic mass is 9.90. The Morgan fingerprint density at radius 3 is 2.47 bits per heavy atom. The second kappa shape index (κ2) is 8.79. The molecule has 0 aromatic heterocycles. The second-order valence-electron chi connectivity index (χ2n) is 8.11. The molecule has 0 amide bonds. The number of hydrogen-bond acceptors (Lipinski definition) is 6. The van der Waals surface area contributed by atoms with Gasteiger partial charge in [-0.2, -0.15) is 0 Å². The van der Waals surface area contributed by atoms with E-state index in [4.69, 9.17) is 18.9 Å². The molecule has 0 fully saturated rings. The van der Waals surface area contributed by atoms with E-state index < -0.39 is 11.6 Å². The van der Waals surface area contributed by atoms with Gasteiger partial charge in [-0.15, -0.1) is 0 Å². The van der Waals surface area contributed by atoms with Crippen molar-refractivity contribution in [2.45, 2.75) is 38.4 Å². The van der Waals surface area contributed by atoms with Crippen molar-refractivity contribution in [1.82, 2.24) is 0 Å². The van der Waals surface area contributed by atoms with Crippen LogP contribution in [0.3, 0.4) is 0 Å². The van der Waals surface area contributed by atoms with Gasteiger partial charge in [0.05, 0.1) is 26.7 Å². The first-order valence-electron chi connectivity index (χ1n) is 9.80. The summed E-state index contributed by atoms with van der Waals surface area (Å²) in [5, 5.41) is 10.1. The van der Waals surface area contributed by atoms with E-state index in [-0.39, 0.29) is 18.6 Å². The Labute approximate surface area is 177 Å². The molecule has 3 rings (SSSR count). The minimum Gasteiger partial charge on any atom is -0.493 e. The van der Waals surface area contributed by atoms with Gasteiger partial charge in [0, 0.05) is 11.6 Å². The predicted octanol–water partition coefficient (Wildman–Crippen LogP) is 4.27. The van der Waals surface area contributed by atoms with Crippen LogP contribution in [-0.4, -0.2) is 37.5 Å². The van der Waals surface area contributed by atoms with Gasteiger partial charge >= 0.3 is 5.97 Å². The summed E-state index contributed by atoms with van der Waals surface area (Å²) in [6.45, 7) is 5.40. The van der Waals surface area contributed by atoms with E-state index >= 15 is 0 Å². The number of methoxy groups -OCH3 is 2. The molecule has 0 aliphatic carbocycles. The van der Waals surface area contributed by atoms with E-state index in [0.717, 1.165) is 16.7 Å². The number of carbonyl (C=O) groups is 1. The topological polar surface area (TPSA) is 74.2 Å². The van der Waals surface area contributed by atoms with E-state index in [0.29, 0.717) is 17.2 Å². The molecule has 0 unspecified atom stereocenters. The third kappa shape index (κ3) is 4.76. The molecule has 160 valence electrons. The molecule has 0 saturated carbocycles. The standard InChI is InChI=1S/C24H28O6/c1-24(2,3)30-22(26)11-7-15-6-9-19-17(12-15)18(14-25)23(29-19)16-8-10-20(27-4)21(13-16)28-5/h6-13,18,23,25H,14H2,1-5H3/b11-7+/t18-,23+/m0/s1. The van der Waals surface area contributed by atoms with Gasteiger partial charge in [0.2, 0.25) is 0 Å². The van der Waals surface area contributed by atoms with E-state index in [1.807, 2.05) is 57.2 Å². The number of rotatable bonds is 6. The molecule has 2 aromatic rings. The molecular formula is C24H28O6. The maximum atomic E-state index is 11.9. The second-order valence-corrected chi connectivity index (χ2v) is 8.11. The van der Waals surface area contributed by atoms with Crippen molar-refractivity contribution in [1.29, 1.82) is 0 Å². The zero-order valence-corrected chi connectivity index (χ0v) is 18.0. The van der Waals surface area contributed by atoms with Crippen LogP contribution in [-0.2, 0) is 9.53 Å². The number of benzene rings is 2. The van der Waals surface area contributed by atoms with Crippen LogP contribution < -0.4 is 14.2 Å². The molecule has 6 nitrogen and oxygen atoms in total. The van der Waals surface area contributed by atoms with Crippen LogP contribution in [0.2, 0.25) is 0 Å². The van der Waals surface area contributed by atoms with Crippen molar-refractivity contribution in [2.24, 2.45) is 0 Å². The van der Waals surface area contributed by atoms with Gasteiger partial charge in [-0.25, -0.2) is 4.79 Å². The molecule has 0 spiro atoms. The van der Waals surface area contributed by atoms with Crippen molar-refractivity contribution in [3.05, 3.63) is 59.2 Å². The number of aliphatic hydroxyl groups is 1. The molecular weight excluding hydrogens is 384 g/mol. The van der Waals surface area contributed by atoms with Gasteiger partial charge in [-0.3, -0.25) is 0 Å². The first-order valence-corrected chi connectivity index (χ1v) is 9.80.